The average molecular weight is 276 g/mol. The number of hydrogen-bond donors (Lipinski definition) is 2. The molecule has 0 saturated carbocycles. The van der Waals surface area contributed by atoms with E-state index in [4.69, 9.17) is 9.52 Å². The number of anilines is 1. The number of carboxylic acids is 1. The Morgan fingerprint density at radius 1 is 1.25 bits per heavy atom. The Balaban J connectivity index is 2.10. The fourth-order valence-electron chi connectivity index (χ4n) is 1.43. The van der Waals surface area contributed by atoms with Crippen LogP contribution in [0.5, 0.6) is 0 Å². The molecule has 2 aromatic rings. The van der Waals surface area contributed by atoms with E-state index in [1.807, 2.05) is 0 Å². The third kappa shape index (κ3) is 2.80. The molecule has 8 heteroatoms. The summed E-state index contributed by atoms with van der Waals surface area (Å²) >= 11 is 0. The van der Waals surface area contributed by atoms with Crippen molar-refractivity contribution in [3.8, 4) is 0 Å². The first-order valence-electron chi connectivity index (χ1n) is 5.35. The lowest BCUT2D eigenvalue weighted by Crippen LogP contribution is -2.10. The molecular formula is C12H8N2O6. The smallest absolute Gasteiger partial charge is 0.338 e. The summed E-state index contributed by atoms with van der Waals surface area (Å²) in [6.07, 6.45) is 0.951. The fourth-order valence-corrected chi connectivity index (χ4v) is 1.43. The van der Waals surface area contributed by atoms with Crippen molar-refractivity contribution in [1.82, 2.24) is 0 Å². The zero-order valence-electron chi connectivity index (χ0n) is 9.90. The first-order chi connectivity index (χ1) is 9.47. The molecule has 0 unspecified atom stereocenters. The van der Waals surface area contributed by atoms with E-state index in [-0.39, 0.29) is 17.0 Å². The van der Waals surface area contributed by atoms with Gasteiger partial charge in [0.25, 0.3) is 11.6 Å². The SMILES string of the molecule is O=C(O)c1coc(C(=O)Nc2ccc([N+](=O)[O-])cc2)c1. The molecule has 1 aromatic heterocycles. The maximum Gasteiger partial charge on any atom is 0.338 e. The summed E-state index contributed by atoms with van der Waals surface area (Å²) in [5.74, 6) is -2.02. The Hall–Kier alpha value is -3.16. The van der Waals surface area contributed by atoms with Gasteiger partial charge in [-0.3, -0.25) is 14.9 Å². The van der Waals surface area contributed by atoms with Crippen molar-refractivity contribution in [3.05, 3.63) is 58.0 Å². The normalized spacial score (nSPS) is 10.0. The Labute approximate surface area is 111 Å². The van der Waals surface area contributed by atoms with Crippen LogP contribution >= 0.6 is 0 Å². The molecule has 2 rings (SSSR count). The number of rotatable bonds is 4. The maximum absolute atomic E-state index is 11.7. The van der Waals surface area contributed by atoms with Crippen molar-refractivity contribution >= 4 is 23.3 Å². The van der Waals surface area contributed by atoms with Crippen LogP contribution in [-0.2, 0) is 0 Å². The van der Waals surface area contributed by atoms with Crippen LogP contribution in [0.1, 0.15) is 20.9 Å². The zero-order valence-corrected chi connectivity index (χ0v) is 9.90. The molecule has 0 bridgehead atoms. The number of nitro benzene ring substituents is 1. The third-order valence-corrected chi connectivity index (χ3v) is 2.41. The summed E-state index contributed by atoms with van der Waals surface area (Å²) in [6.45, 7) is 0. The minimum Gasteiger partial charge on any atom is -0.478 e. The number of nitro groups is 1. The molecule has 1 aromatic carbocycles. The molecule has 2 N–H and O–H groups in total. The number of nitrogens with zero attached hydrogens (tertiary/aromatic N) is 1. The summed E-state index contributed by atoms with van der Waals surface area (Å²) in [4.78, 5) is 32.3. The van der Waals surface area contributed by atoms with Crippen molar-refractivity contribution in [2.45, 2.75) is 0 Å². The molecule has 0 radical (unpaired) electrons. The Kier molecular flexibility index (Phi) is 3.47. The molecule has 0 fully saturated rings. The van der Waals surface area contributed by atoms with Gasteiger partial charge in [0.1, 0.15) is 6.26 Å². The standard InChI is InChI=1S/C12H8N2O6/c15-11(10-5-7(6-20-10)12(16)17)13-8-1-3-9(4-2-8)14(18)19/h1-6H,(H,13,15)(H,16,17). The molecule has 102 valence electrons. The quantitative estimate of drug-likeness (QED) is 0.651. The van der Waals surface area contributed by atoms with Gasteiger partial charge in [0.15, 0.2) is 5.76 Å². The molecule has 8 nitrogen and oxygen atoms in total. The summed E-state index contributed by atoms with van der Waals surface area (Å²) in [5.41, 5.74) is 0.0851. The number of aromatic carboxylic acids is 1. The van der Waals surface area contributed by atoms with Crippen molar-refractivity contribution < 1.29 is 24.0 Å². The largest absolute Gasteiger partial charge is 0.478 e. The Morgan fingerprint density at radius 2 is 1.90 bits per heavy atom. The molecule has 0 aliphatic rings. The lowest BCUT2D eigenvalue weighted by molar-refractivity contribution is -0.384. The van der Waals surface area contributed by atoms with E-state index in [9.17, 15) is 19.7 Å². The third-order valence-electron chi connectivity index (χ3n) is 2.41. The topological polar surface area (TPSA) is 123 Å². The number of nitrogens with one attached hydrogen (secondary N) is 1. The maximum atomic E-state index is 11.7. The first kappa shape index (κ1) is 13.3. The van der Waals surface area contributed by atoms with E-state index >= 15 is 0 Å². The monoisotopic (exact) mass is 276 g/mol. The van der Waals surface area contributed by atoms with Crippen LogP contribution in [0.25, 0.3) is 0 Å². The summed E-state index contributed by atoms with van der Waals surface area (Å²) in [7, 11) is 0. The molecule has 0 spiro atoms. The van der Waals surface area contributed by atoms with Crippen molar-refractivity contribution in [3.63, 3.8) is 0 Å². The Bertz CT molecular complexity index is 674. The van der Waals surface area contributed by atoms with Gasteiger partial charge >= 0.3 is 5.97 Å². The Morgan fingerprint density at radius 3 is 2.40 bits per heavy atom. The minimum absolute atomic E-state index is 0.103. The second-order valence-corrected chi connectivity index (χ2v) is 3.76. The van der Waals surface area contributed by atoms with Crippen LogP contribution in [0.4, 0.5) is 11.4 Å². The highest BCUT2D eigenvalue weighted by atomic mass is 16.6. The van der Waals surface area contributed by atoms with E-state index in [1.165, 1.54) is 24.3 Å². The van der Waals surface area contributed by atoms with Gasteiger partial charge in [0.05, 0.1) is 10.5 Å². The number of amides is 1. The van der Waals surface area contributed by atoms with Gasteiger partial charge in [-0.15, -0.1) is 0 Å². The number of furan rings is 1. The predicted octanol–water partition coefficient (Wildman–Crippen LogP) is 2.14. The molecule has 20 heavy (non-hydrogen) atoms. The van der Waals surface area contributed by atoms with Gasteiger partial charge in [0, 0.05) is 23.9 Å². The lowest BCUT2D eigenvalue weighted by Gasteiger charge is -2.02. The molecule has 1 amide bonds. The summed E-state index contributed by atoms with van der Waals surface area (Å²) in [6, 6.07) is 6.28. The predicted molar refractivity (Wildman–Crippen MR) is 66.7 cm³/mol. The van der Waals surface area contributed by atoms with Gasteiger partial charge in [-0.2, -0.15) is 0 Å². The average Bonchev–Trinajstić information content (AvgIpc) is 2.89. The van der Waals surface area contributed by atoms with Gasteiger partial charge in [-0.05, 0) is 12.1 Å². The van der Waals surface area contributed by atoms with E-state index in [0.717, 1.165) is 12.3 Å². The van der Waals surface area contributed by atoms with Gasteiger partial charge in [0.2, 0.25) is 0 Å². The minimum atomic E-state index is -1.21. The number of benzene rings is 1. The van der Waals surface area contributed by atoms with Crippen molar-refractivity contribution in [1.29, 1.82) is 0 Å². The summed E-state index contributed by atoms with van der Waals surface area (Å²) < 4.78 is 4.82. The molecule has 0 saturated heterocycles. The van der Waals surface area contributed by atoms with E-state index in [0.29, 0.717) is 5.69 Å². The van der Waals surface area contributed by atoms with Crippen LogP contribution in [-0.4, -0.2) is 21.9 Å². The van der Waals surface area contributed by atoms with Crippen molar-refractivity contribution in [2.75, 3.05) is 5.32 Å². The van der Waals surface area contributed by atoms with E-state index in [1.54, 1.807) is 0 Å². The number of hydrogen-bond acceptors (Lipinski definition) is 5. The number of carboxylic acid groups (broad SMARTS) is 1. The second kappa shape index (κ2) is 5.22. The lowest BCUT2D eigenvalue weighted by atomic mass is 10.2. The highest BCUT2D eigenvalue weighted by Crippen LogP contribution is 2.17. The highest BCUT2D eigenvalue weighted by molar-refractivity contribution is 6.03. The zero-order chi connectivity index (χ0) is 14.7. The van der Waals surface area contributed by atoms with Crippen molar-refractivity contribution in [2.24, 2.45) is 0 Å². The fraction of sp³-hybridized carbons (Fsp3) is 0. The number of carbonyl (C=O) groups excluding carboxylic acids is 1. The molecule has 0 atom stereocenters. The summed E-state index contributed by atoms with van der Waals surface area (Å²) in [5, 5.41) is 21.6. The van der Waals surface area contributed by atoms with Gasteiger partial charge in [-0.25, -0.2) is 4.79 Å². The van der Waals surface area contributed by atoms with Gasteiger partial charge in [-0.1, -0.05) is 0 Å². The number of non-ortho nitro benzene ring substituents is 1. The number of carbonyl (C=O) groups is 2. The molecule has 1 heterocycles. The second-order valence-electron chi connectivity index (χ2n) is 3.76. The van der Waals surface area contributed by atoms with Crippen LogP contribution in [0.3, 0.4) is 0 Å². The highest BCUT2D eigenvalue weighted by Gasteiger charge is 2.15. The molecule has 0 aliphatic carbocycles. The van der Waals surface area contributed by atoms with Gasteiger partial charge < -0.3 is 14.8 Å². The first-order valence-corrected chi connectivity index (χ1v) is 5.35. The van der Waals surface area contributed by atoms with Crippen LogP contribution in [0, 0.1) is 10.1 Å². The molecular weight excluding hydrogens is 268 g/mol. The van der Waals surface area contributed by atoms with Crippen LogP contribution < -0.4 is 5.32 Å². The molecule has 0 aliphatic heterocycles. The van der Waals surface area contributed by atoms with Crippen LogP contribution in [0.2, 0.25) is 0 Å². The van der Waals surface area contributed by atoms with E-state index in [2.05, 4.69) is 5.32 Å². The van der Waals surface area contributed by atoms with E-state index < -0.39 is 16.8 Å². The van der Waals surface area contributed by atoms with Crippen LogP contribution in [0.15, 0.2) is 41.0 Å².